The Morgan fingerprint density at radius 1 is 1.59 bits per heavy atom. The van der Waals surface area contributed by atoms with Crippen LogP contribution in [0.4, 0.5) is 11.4 Å². The summed E-state index contributed by atoms with van der Waals surface area (Å²) in [4.78, 5) is 12.3. The molecule has 2 rings (SSSR count). The molecule has 1 aliphatic rings. The monoisotopic (exact) mass is 300 g/mol. The van der Waals surface area contributed by atoms with Gasteiger partial charge in [0.05, 0.1) is 23.3 Å². The van der Waals surface area contributed by atoms with Crippen molar-refractivity contribution >= 4 is 27.3 Å². The minimum absolute atomic E-state index is 0.0698. The highest BCUT2D eigenvalue weighted by molar-refractivity contribution is 9.10. The zero-order chi connectivity index (χ0) is 12.4. The van der Waals surface area contributed by atoms with E-state index < -0.39 is 4.92 Å². The van der Waals surface area contributed by atoms with Crippen molar-refractivity contribution in [1.82, 2.24) is 0 Å². The van der Waals surface area contributed by atoms with Gasteiger partial charge in [-0.2, -0.15) is 0 Å². The van der Waals surface area contributed by atoms with Crippen molar-refractivity contribution in [1.29, 1.82) is 0 Å². The Kier molecular flexibility index (Phi) is 3.63. The molecule has 6 heteroatoms. The van der Waals surface area contributed by atoms with E-state index in [9.17, 15) is 15.2 Å². The number of aliphatic hydroxyl groups excluding tert-OH is 1. The predicted molar refractivity (Wildman–Crippen MR) is 68.3 cm³/mol. The van der Waals surface area contributed by atoms with Crippen LogP contribution in [0.3, 0.4) is 0 Å². The van der Waals surface area contributed by atoms with Gasteiger partial charge in [0.15, 0.2) is 0 Å². The van der Waals surface area contributed by atoms with E-state index in [2.05, 4.69) is 20.8 Å². The molecule has 5 nitrogen and oxygen atoms in total. The molecule has 0 aliphatic carbocycles. The third-order valence-corrected chi connectivity index (χ3v) is 3.67. The summed E-state index contributed by atoms with van der Waals surface area (Å²) in [6.45, 7) is 0.991. The molecule has 1 N–H and O–H groups in total. The van der Waals surface area contributed by atoms with Crippen LogP contribution in [-0.4, -0.2) is 29.2 Å². The van der Waals surface area contributed by atoms with Gasteiger partial charge >= 0.3 is 0 Å². The highest BCUT2D eigenvalue weighted by Gasteiger charge is 2.26. The highest BCUT2D eigenvalue weighted by Crippen LogP contribution is 2.34. The second kappa shape index (κ2) is 5.01. The van der Waals surface area contributed by atoms with E-state index in [1.807, 2.05) is 0 Å². The van der Waals surface area contributed by atoms with Gasteiger partial charge in [-0.15, -0.1) is 0 Å². The van der Waals surface area contributed by atoms with Crippen molar-refractivity contribution in [2.75, 3.05) is 18.1 Å². The van der Waals surface area contributed by atoms with Crippen LogP contribution < -0.4 is 4.90 Å². The Labute approximate surface area is 107 Å². The molecule has 0 aromatic heterocycles. The second-order valence-corrected chi connectivity index (χ2v) is 4.92. The summed E-state index contributed by atoms with van der Waals surface area (Å²) in [5, 5.41) is 19.9. The molecule has 0 saturated carbocycles. The Bertz CT molecular complexity index is 439. The molecule has 0 radical (unpaired) electrons. The highest BCUT2D eigenvalue weighted by atomic mass is 79.9. The van der Waals surface area contributed by atoms with E-state index in [1.165, 1.54) is 12.1 Å². The lowest BCUT2D eigenvalue weighted by molar-refractivity contribution is -0.384. The minimum Gasteiger partial charge on any atom is -0.394 e. The van der Waals surface area contributed by atoms with Crippen LogP contribution in [0.25, 0.3) is 0 Å². The molecule has 0 spiro atoms. The Morgan fingerprint density at radius 2 is 2.35 bits per heavy atom. The van der Waals surface area contributed by atoms with Gasteiger partial charge in [-0.05, 0) is 34.8 Å². The van der Waals surface area contributed by atoms with Crippen molar-refractivity contribution in [3.63, 3.8) is 0 Å². The molecule has 1 aromatic carbocycles. The summed E-state index contributed by atoms with van der Waals surface area (Å²) in [7, 11) is 0. The molecule has 1 atom stereocenters. The average molecular weight is 301 g/mol. The van der Waals surface area contributed by atoms with Gasteiger partial charge in [0, 0.05) is 23.2 Å². The molecule has 0 bridgehead atoms. The smallest absolute Gasteiger partial charge is 0.270 e. The van der Waals surface area contributed by atoms with Crippen LogP contribution in [0.15, 0.2) is 22.7 Å². The average Bonchev–Trinajstić information content (AvgIpc) is 2.76. The predicted octanol–water partition coefficient (Wildman–Crippen LogP) is 2.32. The number of hydrogen-bond donors (Lipinski definition) is 1. The Hall–Kier alpha value is -1.14. The summed E-state index contributed by atoms with van der Waals surface area (Å²) < 4.78 is 0.701. The first-order valence-electron chi connectivity index (χ1n) is 5.45. The number of halogens is 1. The maximum Gasteiger partial charge on any atom is 0.270 e. The third-order valence-electron chi connectivity index (χ3n) is 3.04. The molecule has 0 unspecified atom stereocenters. The standard InChI is InChI=1S/C11H13BrN2O3/c12-10-6-8(14(16)17)3-4-11(10)13-5-1-2-9(13)7-15/h3-4,6,9,15H,1-2,5,7H2/t9-/m1/s1. The lowest BCUT2D eigenvalue weighted by atomic mass is 10.2. The van der Waals surface area contributed by atoms with Gasteiger partial charge in [0.2, 0.25) is 0 Å². The zero-order valence-electron chi connectivity index (χ0n) is 9.17. The fourth-order valence-corrected chi connectivity index (χ4v) is 2.78. The van der Waals surface area contributed by atoms with Gasteiger partial charge in [0.1, 0.15) is 0 Å². The van der Waals surface area contributed by atoms with E-state index >= 15 is 0 Å². The molecular weight excluding hydrogens is 288 g/mol. The van der Waals surface area contributed by atoms with E-state index in [0.717, 1.165) is 25.1 Å². The van der Waals surface area contributed by atoms with Gasteiger partial charge in [-0.1, -0.05) is 0 Å². The molecule has 1 aliphatic heterocycles. The Balaban J connectivity index is 2.30. The maximum absolute atomic E-state index is 10.6. The van der Waals surface area contributed by atoms with Crippen molar-refractivity contribution in [3.05, 3.63) is 32.8 Å². The van der Waals surface area contributed by atoms with Crippen molar-refractivity contribution in [2.45, 2.75) is 18.9 Å². The van der Waals surface area contributed by atoms with Gasteiger partial charge in [0.25, 0.3) is 5.69 Å². The van der Waals surface area contributed by atoms with Gasteiger partial charge in [-0.3, -0.25) is 10.1 Å². The minimum atomic E-state index is -0.415. The largest absolute Gasteiger partial charge is 0.394 e. The number of nitrogens with zero attached hydrogens (tertiary/aromatic N) is 2. The molecule has 17 heavy (non-hydrogen) atoms. The first kappa shape index (κ1) is 12.3. The second-order valence-electron chi connectivity index (χ2n) is 4.06. The van der Waals surface area contributed by atoms with E-state index in [1.54, 1.807) is 6.07 Å². The number of nitro benzene ring substituents is 1. The molecule has 0 amide bonds. The summed E-state index contributed by atoms with van der Waals surface area (Å²) in [6.07, 6.45) is 1.99. The Morgan fingerprint density at radius 3 is 2.94 bits per heavy atom. The van der Waals surface area contributed by atoms with E-state index in [-0.39, 0.29) is 18.3 Å². The molecule has 92 valence electrons. The van der Waals surface area contributed by atoms with Crippen molar-refractivity contribution in [2.24, 2.45) is 0 Å². The number of hydrogen-bond acceptors (Lipinski definition) is 4. The van der Waals surface area contributed by atoms with Crippen LogP contribution >= 0.6 is 15.9 Å². The fraction of sp³-hybridized carbons (Fsp3) is 0.455. The van der Waals surface area contributed by atoms with Gasteiger partial charge < -0.3 is 10.0 Å². The quantitative estimate of drug-likeness (QED) is 0.687. The number of benzene rings is 1. The summed E-state index contributed by atoms with van der Waals surface area (Å²) in [6, 6.07) is 4.85. The molecule has 1 fully saturated rings. The first-order valence-corrected chi connectivity index (χ1v) is 6.24. The number of aliphatic hydroxyl groups is 1. The lowest BCUT2D eigenvalue weighted by Crippen LogP contribution is -2.32. The van der Waals surface area contributed by atoms with Crippen LogP contribution in [0, 0.1) is 10.1 Å². The van der Waals surface area contributed by atoms with Gasteiger partial charge in [-0.25, -0.2) is 0 Å². The zero-order valence-corrected chi connectivity index (χ0v) is 10.8. The summed E-state index contributed by atoms with van der Waals surface area (Å²) in [5.74, 6) is 0. The summed E-state index contributed by atoms with van der Waals surface area (Å²) in [5.41, 5.74) is 0.979. The molecule has 1 heterocycles. The topological polar surface area (TPSA) is 66.6 Å². The van der Waals surface area contributed by atoms with Crippen molar-refractivity contribution in [3.8, 4) is 0 Å². The normalized spacial score (nSPS) is 19.6. The van der Waals surface area contributed by atoms with Crippen LogP contribution in [-0.2, 0) is 0 Å². The molecule has 1 aromatic rings. The summed E-state index contributed by atoms with van der Waals surface area (Å²) >= 11 is 3.35. The van der Waals surface area contributed by atoms with Crippen molar-refractivity contribution < 1.29 is 10.0 Å². The van der Waals surface area contributed by atoms with Crippen LogP contribution in [0.2, 0.25) is 0 Å². The number of nitro groups is 1. The van der Waals surface area contributed by atoms with Crippen LogP contribution in [0.1, 0.15) is 12.8 Å². The lowest BCUT2D eigenvalue weighted by Gasteiger charge is -2.26. The number of non-ortho nitro benzene ring substituents is 1. The fourth-order valence-electron chi connectivity index (χ4n) is 2.18. The van der Waals surface area contributed by atoms with E-state index in [4.69, 9.17) is 0 Å². The maximum atomic E-state index is 10.6. The first-order chi connectivity index (χ1) is 8.13. The third kappa shape index (κ3) is 2.42. The SMILES string of the molecule is O=[N+]([O-])c1ccc(N2CCC[C@@H]2CO)c(Br)c1. The number of rotatable bonds is 3. The molecular formula is C11H13BrN2O3. The van der Waals surface area contributed by atoms with E-state index in [0.29, 0.717) is 4.47 Å². The molecule has 1 saturated heterocycles. The number of anilines is 1. The van der Waals surface area contributed by atoms with Crippen LogP contribution in [0.5, 0.6) is 0 Å².